The summed E-state index contributed by atoms with van der Waals surface area (Å²) in [7, 11) is 0. The highest BCUT2D eigenvalue weighted by molar-refractivity contribution is 7.98. The predicted molar refractivity (Wildman–Crippen MR) is 73.6 cm³/mol. The molecule has 1 aromatic heterocycles. The number of nitrogen functional groups attached to an aromatic ring is 1. The summed E-state index contributed by atoms with van der Waals surface area (Å²) in [6.45, 7) is 2.61. The van der Waals surface area contributed by atoms with E-state index in [-0.39, 0.29) is 0 Å². The predicted octanol–water partition coefficient (Wildman–Crippen LogP) is 2.75. The summed E-state index contributed by atoms with van der Waals surface area (Å²) >= 11 is 1.56. The fourth-order valence-corrected chi connectivity index (χ4v) is 2.29. The summed E-state index contributed by atoms with van der Waals surface area (Å²) < 4.78 is 5.57. The first-order valence-electron chi connectivity index (χ1n) is 5.70. The van der Waals surface area contributed by atoms with Gasteiger partial charge in [-0.25, -0.2) is 9.97 Å². The maximum absolute atomic E-state index is 5.80. The minimum atomic E-state index is 0.642. The molecular formula is C13H15N3OS. The highest BCUT2D eigenvalue weighted by Gasteiger charge is 2.06. The van der Waals surface area contributed by atoms with Crippen molar-refractivity contribution in [3.05, 3.63) is 42.2 Å². The Balaban J connectivity index is 2.10. The van der Waals surface area contributed by atoms with Crippen molar-refractivity contribution in [2.75, 3.05) is 12.3 Å². The van der Waals surface area contributed by atoms with Crippen molar-refractivity contribution in [1.82, 2.24) is 9.97 Å². The lowest BCUT2D eigenvalue weighted by atomic mass is 10.2. The van der Waals surface area contributed by atoms with Gasteiger partial charge in [0.25, 0.3) is 0 Å². The minimum Gasteiger partial charge on any atom is -0.494 e. The third-order valence-electron chi connectivity index (χ3n) is 2.28. The molecule has 0 saturated heterocycles. The second-order valence-electron chi connectivity index (χ2n) is 3.62. The monoisotopic (exact) mass is 261 g/mol. The Morgan fingerprint density at radius 1 is 1.28 bits per heavy atom. The van der Waals surface area contributed by atoms with Crippen molar-refractivity contribution in [2.45, 2.75) is 17.8 Å². The number of anilines is 1. The Bertz CT molecular complexity index is 505. The zero-order chi connectivity index (χ0) is 12.8. The van der Waals surface area contributed by atoms with Gasteiger partial charge in [0.1, 0.15) is 5.75 Å². The van der Waals surface area contributed by atoms with Gasteiger partial charge in [0.2, 0.25) is 0 Å². The molecule has 2 rings (SSSR count). The zero-order valence-corrected chi connectivity index (χ0v) is 11.0. The summed E-state index contributed by atoms with van der Waals surface area (Å²) in [5.74, 6) is 1.61. The lowest BCUT2D eigenvalue weighted by Crippen LogP contribution is -1.97. The molecule has 0 aliphatic carbocycles. The average Bonchev–Trinajstić information content (AvgIpc) is 2.40. The topological polar surface area (TPSA) is 61.0 Å². The summed E-state index contributed by atoms with van der Waals surface area (Å²) in [4.78, 5) is 8.34. The lowest BCUT2D eigenvalue weighted by molar-refractivity contribution is 0.337. The van der Waals surface area contributed by atoms with Crippen LogP contribution in [0, 0.1) is 0 Å². The Labute approximate surface area is 111 Å². The molecule has 0 radical (unpaired) electrons. The van der Waals surface area contributed by atoms with Gasteiger partial charge in [-0.1, -0.05) is 11.8 Å². The molecular weight excluding hydrogens is 246 g/mol. The number of rotatable bonds is 5. The van der Waals surface area contributed by atoms with E-state index in [4.69, 9.17) is 10.5 Å². The van der Waals surface area contributed by atoms with Crippen LogP contribution in [0.15, 0.2) is 41.8 Å². The van der Waals surface area contributed by atoms with E-state index in [0.717, 1.165) is 27.9 Å². The quantitative estimate of drug-likeness (QED) is 0.509. The van der Waals surface area contributed by atoms with Crippen molar-refractivity contribution in [3.8, 4) is 5.75 Å². The largest absolute Gasteiger partial charge is 0.494 e. The van der Waals surface area contributed by atoms with Gasteiger partial charge in [0.15, 0.2) is 5.16 Å². The number of hydrogen-bond acceptors (Lipinski definition) is 5. The van der Waals surface area contributed by atoms with Crippen LogP contribution in [0.5, 0.6) is 5.75 Å². The van der Waals surface area contributed by atoms with Crippen molar-refractivity contribution in [3.63, 3.8) is 0 Å². The number of benzene rings is 1. The zero-order valence-electron chi connectivity index (χ0n) is 10.2. The SMILES string of the molecule is CCOc1ccc(N)cc1CSc1ncccn1. The summed E-state index contributed by atoms with van der Waals surface area (Å²) in [6, 6.07) is 7.48. The van der Waals surface area contributed by atoms with Crippen LogP contribution in [0.4, 0.5) is 5.69 Å². The van der Waals surface area contributed by atoms with Crippen molar-refractivity contribution in [1.29, 1.82) is 0 Å². The molecule has 0 saturated carbocycles. The van der Waals surface area contributed by atoms with Gasteiger partial charge >= 0.3 is 0 Å². The Hall–Kier alpha value is -1.75. The van der Waals surface area contributed by atoms with Gasteiger partial charge in [-0.05, 0) is 31.2 Å². The van der Waals surface area contributed by atoms with E-state index in [1.165, 1.54) is 0 Å². The van der Waals surface area contributed by atoms with E-state index < -0.39 is 0 Å². The molecule has 0 atom stereocenters. The second kappa shape index (κ2) is 6.26. The van der Waals surface area contributed by atoms with E-state index in [0.29, 0.717) is 6.61 Å². The number of ether oxygens (including phenoxy) is 1. The van der Waals surface area contributed by atoms with Crippen LogP contribution in [-0.2, 0) is 5.75 Å². The molecule has 1 heterocycles. The molecule has 4 nitrogen and oxygen atoms in total. The smallest absolute Gasteiger partial charge is 0.187 e. The Kier molecular flexibility index (Phi) is 4.41. The molecule has 18 heavy (non-hydrogen) atoms. The molecule has 0 spiro atoms. The maximum Gasteiger partial charge on any atom is 0.187 e. The molecule has 2 aromatic rings. The van der Waals surface area contributed by atoms with Crippen LogP contribution in [0.25, 0.3) is 0 Å². The third kappa shape index (κ3) is 3.37. The molecule has 0 amide bonds. The van der Waals surface area contributed by atoms with E-state index in [1.54, 1.807) is 30.2 Å². The Morgan fingerprint density at radius 3 is 2.78 bits per heavy atom. The first-order chi connectivity index (χ1) is 8.79. The molecule has 1 aromatic carbocycles. The van der Waals surface area contributed by atoms with Crippen LogP contribution in [0.3, 0.4) is 0 Å². The minimum absolute atomic E-state index is 0.642. The highest BCUT2D eigenvalue weighted by atomic mass is 32.2. The van der Waals surface area contributed by atoms with Crippen LogP contribution in [-0.4, -0.2) is 16.6 Å². The van der Waals surface area contributed by atoms with Gasteiger partial charge in [-0.3, -0.25) is 0 Å². The van der Waals surface area contributed by atoms with E-state index >= 15 is 0 Å². The van der Waals surface area contributed by atoms with Crippen molar-refractivity contribution in [2.24, 2.45) is 0 Å². The molecule has 2 N–H and O–H groups in total. The van der Waals surface area contributed by atoms with Crippen molar-refractivity contribution >= 4 is 17.4 Å². The highest BCUT2D eigenvalue weighted by Crippen LogP contribution is 2.27. The molecule has 5 heteroatoms. The van der Waals surface area contributed by atoms with Crippen LogP contribution < -0.4 is 10.5 Å². The molecule has 94 valence electrons. The average molecular weight is 261 g/mol. The first-order valence-corrected chi connectivity index (χ1v) is 6.69. The van der Waals surface area contributed by atoms with E-state index in [2.05, 4.69) is 9.97 Å². The first kappa shape index (κ1) is 12.7. The lowest BCUT2D eigenvalue weighted by Gasteiger charge is -2.10. The second-order valence-corrected chi connectivity index (χ2v) is 4.56. The fraction of sp³-hybridized carbons (Fsp3) is 0.231. The Morgan fingerprint density at radius 2 is 2.06 bits per heavy atom. The number of nitrogens with two attached hydrogens (primary N) is 1. The summed E-state index contributed by atoms with van der Waals surface area (Å²) in [5.41, 5.74) is 7.60. The molecule has 0 bridgehead atoms. The number of hydrogen-bond donors (Lipinski definition) is 1. The van der Waals surface area contributed by atoms with Gasteiger partial charge in [0.05, 0.1) is 6.61 Å². The molecule has 0 aliphatic heterocycles. The van der Waals surface area contributed by atoms with Crippen LogP contribution in [0.2, 0.25) is 0 Å². The van der Waals surface area contributed by atoms with Crippen LogP contribution >= 0.6 is 11.8 Å². The standard InChI is InChI=1S/C13H15N3OS/c1-2-17-12-5-4-11(14)8-10(12)9-18-13-15-6-3-7-16-13/h3-8H,2,9,14H2,1H3. The van der Waals surface area contributed by atoms with E-state index in [1.807, 2.05) is 25.1 Å². The number of aromatic nitrogens is 2. The maximum atomic E-state index is 5.80. The van der Waals surface area contributed by atoms with Gasteiger partial charge in [-0.15, -0.1) is 0 Å². The van der Waals surface area contributed by atoms with Crippen molar-refractivity contribution < 1.29 is 4.74 Å². The molecule has 0 fully saturated rings. The number of thioether (sulfide) groups is 1. The summed E-state index contributed by atoms with van der Waals surface area (Å²) in [5, 5.41) is 0.752. The van der Waals surface area contributed by atoms with Gasteiger partial charge < -0.3 is 10.5 Å². The van der Waals surface area contributed by atoms with E-state index in [9.17, 15) is 0 Å². The third-order valence-corrected chi connectivity index (χ3v) is 3.21. The van der Waals surface area contributed by atoms with Crippen LogP contribution in [0.1, 0.15) is 12.5 Å². The fourth-order valence-electron chi connectivity index (χ4n) is 1.51. The molecule has 0 unspecified atom stereocenters. The number of nitrogens with zero attached hydrogens (tertiary/aromatic N) is 2. The molecule has 0 aliphatic rings. The normalized spacial score (nSPS) is 10.3. The van der Waals surface area contributed by atoms with Gasteiger partial charge in [-0.2, -0.15) is 0 Å². The van der Waals surface area contributed by atoms with Gasteiger partial charge in [0, 0.05) is 29.4 Å². The summed E-state index contributed by atoms with van der Waals surface area (Å²) in [6.07, 6.45) is 3.47.